The number of hydrogen-bond donors (Lipinski definition) is 1. The van der Waals surface area contributed by atoms with Crippen molar-refractivity contribution in [2.24, 2.45) is 5.92 Å². The molecule has 3 nitrogen and oxygen atoms in total. The van der Waals surface area contributed by atoms with Crippen molar-refractivity contribution in [1.29, 1.82) is 0 Å². The molecule has 1 fully saturated rings. The van der Waals surface area contributed by atoms with E-state index in [4.69, 9.17) is 4.74 Å². The molecule has 106 valence electrons. The summed E-state index contributed by atoms with van der Waals surface area (Å²) in [7, 11) is 0. The highest BCUT2D eigenvalue weighted by Crippen LogP contribution is 2.26. The van der Waals surface area contributed by atoms with Crippen molar-refractivity contribution >= 4 is 17.7 Å². The SMILES string of the molecule is CCOC(=O)C1CCCC(NC(CC)CSC)C1. The van der Waals surface area contributed by atoms with Crippen LogP contribution in [0.2, 0.25) is 0 Å². The number of hydrogen-bond acceptors (Lipinski definition) is 4. The Morgan fingerprint density at radius 1 is 1.44 bits per heavy atom. The quantitative estimate of drug-likeness (QED) is 0.724. The monoisotopic (exact) mass is 273 g/mol. The van der Waals surface area contributed by atoms with Crippen molar-refractivity contribution in [3.63, 3.8) is 0 Å². The normalized spacial score (nSPS) is 25.7. The Hall–Kier alpha value is -0.220. The van der Waals surface area contributed by atoms with Crippen LogP contribution >= 0.6 is 11.8 Å². The topological polar surface area (TPSA) is 38.3 Å². The molecule has 0 aromatic rings. The number of carbonyl (C=O) groups excluding carboxylic acids is 1. The summed E-state index contributed by atoms with van der Waals surface area (Å²) < 4.78 is 5.14. The minimum absolute atomic E-state index is 0.00177. The Balaban J connectivity index is 2.40. The highest BCUT2D eigenvalue weighted by Gasteiger charge is 2.28. The van der Waals surface area contributed by atoms with Gasteiger partial charge in [0.05, 0.1) is 12.5 Å². The van der Waals surface area contributed by atoms with Gasteiger partial charge in [0.1, 0.15) is 0 Å². The van der Waals surface area contributed by atoms with Crippen LogP contribution < -0.4 is 5.32 Å². The van der Waals surface area contributed by atoms with Gasteiger partial charge in [-0.15, -0.1) is 0 Å². The zero-order valence-electron chi connectivity index (χ0n) is 11.9. The fourth-order valence-corrected chi connectivity index (χ4v) is 3.37. The van der Waals surface area contributed by atoms with Gasteiger partial charge in [0, 0.05) is 17.8 Å². The minimum Gasteiger partial charge on any atom is -0.466 e. The van der Waals surface area contributed by atoms with Gasteiger partial charge < -0.3 is 10.1 Å². The van der Waals surface area contributed by atoms with Gasteiger partial charge in [-0.05, 0) is 38.9 Å². The molecule has 1 N–H and O–H groups in total. The molecule has 3 atom stereocenters. The van der Waals surface area contributed by atoms with Crippen molar-refractivity contribution in [2.75, 3.05) is 18.6 Å². The van der Waals surface area contributed by atoms with Crippen molar-refractivity contribution in [2.45, 2.75) is 58.0 Å². The van der Waals surface area contributed by atoms with Crippen molar-refractivity contribution in [3.8, 4) is 0 Å². The predicted molar refractivity (Wildman–Crippen MR) is 78.0 cm³/mol. The average molecular weight is 273 g/mol. The number of carbonyl (C=O) groups is 1. The molecule has 0 bridgehead atoms. The van der Waals surface area contributed by atoms with E-state index in [1.165, 1.54) is 6.42 Å². The molecule has 1 saturated carbocycles. The third-order valence-corrected chi connectivity index (χ3v) is 4.36. The zero-order valence-corrected chi connectivity index (χ0v) is 12.7. The number of nitrogens with one attached hydrogen (secondary N) is 1. The smallest absolute Gasteiger partial charge is 0.308 e. The van der Waals surface area contributed by atoms with E-state index in [1.54, 1.807) is 0 Å². The predicted octanol–water partition coefficient (Wildman–Crippen LogP) is 2.84. The van der Waals surface area contributed by atoms with E-state index in [9.17, 15) is 4.79 Å². The second kappa shape index (κ2) is 8.81. The Morgan fingerprint density at radius 3 is 2.83 bits per heavy atom. The second-order valence-corrected chi connectivity index (χ2v) is 5.95. The molecule has 1 aliphatic carbocycles. The van der Waals surface area contributed by atoms with Gasteiger partial charge in [-0.2, -0.15) is 11.8 Å². The van der Waals surface area contributed by atoms with Crippen molar-refractivity contribution < 1.29 is 9.53 Å². The third-order valence-electron chi connectivity index (χ3n) is 3.63. The van der Waals surface area contributed by atoms with Gasteiger partial charge in [0.2, 0.25) is 0 Å². The van der Waals surface area contributed by atoms with Gasteiger partial charge in [-0.25, -0.2) is 0 Å². The van der Waals surface area contributed by atoms with E-state index in [0.717, 1.165) is 31.4 Å². The van der Waals surface area contributed by atoms with Crippen LogP contribution in [-0.4, -0.2) is 36.7 Å². The Morgan fingerprint density at radius 2 is 2.22 bits per heavy atom. The van der Waals surface area contributed by atoms with E-state index >= 15 is 0 Å². The summed E-state index contributed by atoms with van der Waals surface area (Å²) in [4.78, 5) is 11.8. The number of rotatable bonds is 7. The van der Waals surface area contributed by atoms with Crippen LogP contribution in [0.1, 0.15) is 46.0 Å². The zero-order chi connectivity index (χ0) is 13.4. The lowest BCUT2D eigenvalue weighted by Gasteiger charge is -2.31. The first-order chi connectivity index (χ1) is 8.71. The highest BCUT2D eigenvalue weighted by atomic mass is 32.2. The first-order valence-electron chi connectivity index (χ1n) is 7.12. The molecule has 1 aliphatic rings. The van der Waals surface area contributed by atoms with Crippen LogP contribution in [0.3, 0.4) is 0 Å². The van der Waals surface area contributed by atoms with E-state index in [-0.39, 0.29) is 11.9 Å². The molecule has 0 spiro atoms. The van der Waals surface area contributed by atoms with Crippen LogP contribution in [0.5, 0.6) is 0 Å². The lowest BCUT2D eigenvalue weighted by molar-refractivity contribution is -0.149. The fraction of sp³-hybridized carbons (Fsp3) is 0.929. The molecular formula is C14H27NO2S. The van der Waals surface area contributed by atoms with Gasteiger partial charge in [-0.3, -0.25) is 4.79 Å². The number of thioether (sulfide) groups is 1. The molecule has 0 aromatic carbocycles. The van der Waals surface area contributed by atoms with E-state index in [0.29, 0.717) is 18.7 Å². The van der Waals surface area contributed by atoms with Crippen LogP contribution in [0.15, 0.2) is 0 Å². The van der Waals surface area contributed by atoms with Gasteiger partial charge in [0.15, 0.2) is 0 Å². The molecule has 0 heterocycles. The van der Waals surface area contributed by atoms with Crippen LogP contribution in [-0.2, 0) is 9.53 Å². The van der Waals surface area contributed by atoms with E-state index < -0.39 is 0 Å². The molecule has 0 saturated heterocycles. The maximum absolute atomic E-state index is 11.8. The van der Waals surface area contributed by atoms with Gasteiger partial charge in [-0.1, -0.05) is 13.3 Å². The van der Waals surface area contributed by atoms with Crippen molar-refractivity contribution in [1.82, 2.24) is 5.32 Å². The van der Waals surface area contributed by atoms with Crippen molar-refractivity contribution in [3.05, 3.63) is 0 Å². The summed E-state index contributed by atoms with van der Waals surface area (Å²) >= 11 is 1.88. The van der Waals surface area contributed by atoms with Crippen LogP contribution in [0, 0.1) is 5.92 Å². The first-order valence-corrected chi connectivity index (χ1v) is 8.52. The largest absolute Gasteiger partial charge is 0.466 e. The highest BCUT2D eigenvalue weighted by molar-refractivity contribution is 7.98. The summed E-state index contributed by atoms with van der Waals surface area (Å²) in [6.45, 7) is 4.60. The number of ether oxygens (including phenoxy) is 1. The van der Waals surface area contributed by atoms with Gasteiger partial charge >= 0.3 is 5.97 Å². The van der Waals surface area contributed by atoms with Crippen LogP contribution in [0.4, 0.5) is 0 Å². The Bertz CT molecular complexity index is 248. The van der Waals surface area contributed by atoms with Crippen LogP contribution in [0.25, 0.3) is 0 Å². The molecule has 4 heteroatoms. The maximum Gasteiger partial charge on any atom is 0.308 e. The Labute approximate surface area is 115 Å². The third kappa shape index (κ3) is 5.19. The minimum atomic E-state index is 0.00177. The molecular weight excluding hydrogens is 246 g/mol. The summed E-state index contributed by atoms with van der Waals surface area (Å²) in [5.74, 6) is 1.27. The molecule has 3 unspecified atom stereocenters. The van der Waals surface area contributed by atoms with E-state index in [1.807, 2.05) is 18.7 Å². The fourth-order valence-electron chi connectivity index (χ4n) is 2.63. The average Bonchev–Trinajstić information content (AvgIpc) is 2.39. The molecule has 0 amide bonds. The second-order valence-electron chi connectivity index (χ2n) is 5.04. The van der Waals surface area contributed by atoms with E-state index in [2.05, 4.69) is 18.5 Å². The lowest BCUT2D eigenvalue weighted by atomic mass is 9.85. The summed E-state index contributed by atoms with van der Waals surface area (Å²) in [6, 6.07) is 1.07. The standard InChI is InChI=1S/C14H27NO2S/c1-4-12(10-18-3)15-13-8-6-7-11(9-13)14(16)17-5-2/h11-13,15H,4-10H2,1-3H3. The molecule has 0 radical (unpaired) electrons. The first kappa shape index (κ1) is 15.8. The maximum atomic E-state index is 11.8. The molecule has 1 rings (SSSR count). The summed E-state index contributed by atoms with van der Waals surface area (Å²) in [6.07, 6.45) is 7.58. The summed E-state index contributed by atoms with van der Waals surface area (Å²) in [5.41, 5.74) is 0. The summed E-state index contributed by atoms with van der Waals surface area (Å²) in [5, 5.41) is 3.70. The molecule has 18 heavy (non-hydrogen) atoms. The van der Waals surface area contributed by atoms with Gasteiger partial charge in [0.25, 0.3) is 0 Å². The lowest BCUT2D eigenvalue weighted by Crippen LogP contribution is -2.43. The molecule has 0 aliphatic heterocycles. The molecule has 0 aromatic heterocycles. The Kier molecular flexibility index (Phi) is 7.75. The number of esters is 1.